The van der Waals surface area contributed by atoms with Crippen molar-refractivity contribution in [2.24, 2.45) is 0 Å². The van der Waals surface area contributed by atoms with Gasteiger partial charge < -0.3 is 10.2 Å². The van der Waals surface area contributed by atoms with Crippen molar-refractivity contribution in [2.75, 3.05) is 13.1 Å². The average Bonchev–Trinajstić information content (AvgIpc) is 2.52. The molecule has 23 heavy (non-hydrogen) atoms. The van der Waals surface area contributed by atoms with Crippen LogP contribution in [0.2, 0.25) is 0 Å². The number of rotatable bonds is 3. The Labute approximate surface area is 136 Å². The molecule has 0 radical (unpaired) electrons. The van der Waals surface area contributed by atoms with Gasteiger partial charge in [0.15, 0.2) is 0 Å². The van der Waals surface area contributed by atoms with E-state index < -0.39 is 0 Å². The second-order valence-corrected chi connectivity index (χ2v) is 6.32. The highest BCUT2D eigenvalue weighted by molar-refractivity contribution is 5.64. The quantitative estimate of drug-likeness (QED) is 0.911. The summed E-state index contributed by atoms with van der Waals surface area (Å²) in [6, 6.07) is 5.57. The minimum absolute atomic E-state index is 0.265. The molecule has 1 aliphatic heterocycles. The van der Waals surface area contributed by atoms with Crippen LogP contribution >= 0.6 is 0 Å². The summed E-state index contributed by atoms with van der Waals surface area (Å²) in [6.45, 7) is 6.10. The number of likely N-dealkylation sites (tertiary alicyclic amines) is 1. The van der Waals surface area contributed by atoms with Crippen molar-refractivity contribution in [3.05, 3.63) is 41.3 Å². The minimum Gasteiger partial charge on any atom is -0.508 e. The van der Waals surface area contributed by atoms with E-state index >= 15 is 0 Å². The molecule has 3 rings (SSSR count). The van der Waals surface area contributed by atoms with Gasteiger partial charge >= 0.3 is 0 Å². The Bertz CT molecular complexity index is 703. The fraction of sp³-hybridized carbons (Fsp3) is 0.444. The number of hydrogen-bond acceptors (Lipinski definition) is 5. The van der Waals surface area contributed by atoms with Crippen LogP contribution in [-0.2, 0) is 6.54 Å². The number of aromatic hydroxyl groups is 1. The molecule has 0 saturated carbocycles. The fourth-order valence-electron chi connectivity index (χ4n) is 3.09. The first-order chi connectivity index (χ1) is 11.0. The molecule has 1 saturated heterocycles. The van der Waals surface area contributed by atoms with Crippen molar-refractivity contribution in [2.45, 2.75) is 39.3 Å². The van der Waals surface area contributed by atoms with Crippen molar-refractivity contribution in [3.63, 3.8) is 0 Å². The Morgan fingerprint density at radius 3 is 2.91 bits per heavy atom. The summed E-state index contributed by atoms with van der Waals surface area (Å²) in [5, 5.41) is 20.0. The van der Waals surface area contributed by atoms with Crippen LogP contribution in [0.3, 0.4) is 0 Å². The molecule has 1 aromatic carbocycles. The highest BCUT2D eigenvalue weighted by Crippen LogP contribution is 2.28. The molecular formula is C18H23N3O2. The number of benzene rings is 1. The summed E-state index contributed by atoms with van der Waals surface area (Å²) in [7, 11) is 0. The van der Waals surface area contributed by atoms with Crippen molar-refractivity contribution < 1.29 is 10.2 Å². The Morgan fingerprint density at radius 2 is 2.13 bits per heavy atom. The molecule has 122 valence electrons. The number of β-amino-alcohol motifs (C(OH)–C–C–N with tert-alkyl or cyclic N) is 1. The third-order valence-electron chi connectivity index (χ3n) is 4.30. The smallest absolute Gasteiger partial charge is 0.120 e. The maximum Gasteiger partial charge on any atom is 0.120 e. The zero-order chi connectivity index (χ0) is 16.4. The summed E-state index contributed by atoms with van der Waals surface area (Å²) in [5.74, 6) is 0.284. The van der Waals surface area contributed by atoms with Gasteiger partial charge in [0, 0.05) is 30.4 Å². The van der Waals surface area contributed by atoms with Gasteiger partial charge in [-0.15, -0.1) is 0 Å². The number of aliphatic hydroxyl groups excluding tert-OH is 1. The van der Waals surface area contributed by atoms with Crippen LogP contribution in [-0.4, -0.2) is 44.3 Å². The Kier molecular flexibility index (Phi) is 4.59. The lowest BCUT2D eigenvalue weighted by atomic mass is 10.0. The largest absolute Gasteiger partial charge is 0.508 e. The van der Waals surface area contributed by atoms with Crippen LogP contribution in [0.5, 0.6) is 5.75 Å². The second kappa shape index (κ2) is 6.64. The SMILES string of the molecule is Cc1cnc(C)c(-c2ccc(O)c(CN3CCC[C@@H](O)C3)c2)n1. The van der Waals surface area contributed by atoms with Crippen LogP contribution in [0.15, 0.2) is 24.4 Å². The molecule has 0 spiro atoms. The van der Waals surface area contributed by atoms with E-state index in [0.717, 1.165) is 47.6 Å². The van der Waals surface area contributed by atoms with Gasteiger partial charge in [-0.05, 0) is 51.4 Å². The van der Waals surface area contributed by atoms with Gasteiger partial charge in [0.2, 0.25) is 0 Å². The minimum atomic E-state index is -0.265. The van der Waals surface area contributed by atoms with Gasteiger partial charge in [0.05, 0.1) is 23.2 Å². The molecule has 1 aliphatic rings. The van der Waals surface area contributed by atoms with Crippen LogP contribution in [0.4, 0.5) is 0 Å². The van der Waals surface area contributed by atoms with Crippen molar-refractivity contribution in [3.8, 4) is 17.0 Å². The summed E-state index contributed by atoms with van der Waals surface area (Å²) in [4.78, 5) is 11.1. The number of aryl methyl sites for hydroxylation is 2. The Balaban J connectivity index is 1.88. The van der Waals surface area contributed by atoms with Crippen LogP contribution in [0.1, 0.15) is 29.8 Å². The molecule has 2 aromatic rings. The molecule has 1 aromatic heterocycles. The maximum absolute atomic E-state index is 10.2. The molecule has 5 heteroatoms. The second-order valence-electron chi connectivity index (χ2n) is 6.32. The lowest BCUT2D eigenvalue weighted by molar-refractivity contribution is 0.0664. The topological polar surface area (TPSA) is 69.5 Å². The first-order valence-electron chi connectivity index (χ1n) is 8.06. The predicted molar refractivity (Wildman–Crippen MR) is 89.1 cm³/mol. The normalized spacial score (nSPS) is 19.0. The predicted octanol–water partition coefficient (Wildman–Crippen LogP) is 2.42. The molecule has 0 bridgehead atoms. The van der Waals surface area contributed by atoms with Gasteiger partial charge in [-0.25, -0.2) is 4.98 Å². The van der Waals surface area contributed by atoms with Crippen LogP contribution < -0.4 is 0 Å². The lowest BCUT2D eigenvalue weighted by Gasteiger charge is -2.30. The van der Waals surface area contributed by atoms with E-state index in [0.29, 0.717) is 13.1 Å². The maximum atomic E-state index is 10.2. The van der Waals surface area contributed by atoms with Crippen molar-refractivity contribution in [1.29, 1.82) is 0 Å². The molecule has 5 nitrogen and oxygen atoms in total. The Hall–Kier alpha value is -1.98. The number of aromatic nitrogens is 2. The summed E-state index contributed by atoms with van der Waals surface area (Å²) in [5.41, 5.74) is 4.42. The number of piperidine rings is 1. The molecule has 2 heterocycles. The van der Waals surface area contributed by atoms with E-state index in [1.54, 1.807) is 12.3 Å². The number of phenolic OH excluding ortho intramolecular Hbond substituents is 1. The van der Waals surface area contributed by atoms with Crippen molar-refractivity contribution >= 4 is 0 Å². The summed E-state index contributed by atoms with van der Waals surface area (Å²) >= 11 is 0. The molecular weight excluding hydrogens is 290 g/mol. The average molecular weight is 313 g/mol. The molecule has 1 fully saturated rings. The van der Waals surface area contributed by atoms with Crippen molar-refractivity contribution in [1.82, 2.24) is 14.9 Å². The summed E-state index contributed by atoms with van der Waals surface area (Å²) in [6.07, 6.45) is 3.35. The molecule has 1 atom stereocenters. The van der Waals surface area contributed by atoms with Crippen LogP contribution in [0, 0.1) is 13.8 Å². The molecule has 0 aliphatic carbocycles. The van der Waals surface area contributed by atoms with Gasteiger partial charge in [-0.3, -0.25) is 9.88 Å². The zero-order valence-corrected chi connectivity index (χ0v) is 13.7. The van der Waals surface area contributed by atoms with E-state index in [1.165, 1.54) is 0 Å². The molecule has 0 amide bonds. The van der Waals surface area contributed by atoms with E-state index in [9.17, 15) is 10.2 Å². The number of phenols is 1. The van der Waals surface area contributed by atoms with E-state index in [-0.39, 0.29) is 11.9 Å². The fourth-order valence-corrected chi connectivity index (χ4v) is 3.09. The first-order valence-corrected chi connectivity index (χ1v) is 8.06. The molecule has 0 unspecified atom stereocenters. The van der Waals surface area contributed by atoms with Gasteiger partial charge in [0.1, 0.15) is 5.75 Å². The van der Waals surface area contributed by atoms with E-state index in [2.05, 4.69) is 14.9 Å². The number of aliphatic hydroxyl groups is 1. The standard InChI is InChI=1S/C18H23N3O2/c1-12-9-19-13(2)18(20-12)14-5-6-17(23)15(8-14)10-21-7-3-4-16(22)11-21/h5-6,8-9,16,22-23H,3-4,7,10-11H2,1-2H3/t16-/m1/s1. The third-order valence-corrected chi connectivity index (χ3v) is 4.30. The molecule has 2 N–H and O–H groups in total. The van der Waals surface area contributed by atoms with Crippen LogP contribution in [0.25, 0.3) is 11.3 Å². The number of nitrogens with zero attached hydrogens (tertiary/aromatic N) is 3. The summed E-state index contributed by atoms with van der Waals surface area (Å²) < 4.78 is 0. The van der Waals surface area contributed by atoms with E-state index in [4.69, 9.17) is 0 Å². The van der Waals surface area contributed by atoms with E-state index in [1.807, 2.05) is 26.0 Å². The third kappa shape index (κ3) is 3.68. The highest BCUT2D eigenvalue weighted by Gasteiger charge is 2.19. The monoisotopic (exact) mass is 313 g/mol. The lowest BCUT2D eigenvalue weighted by Crippen LogP contribution is -2.37. The highest BCUT2D eigenvalue weighted by atomic mass is 16.3. The zero-order valence-electron chi connectivity index (χ0n) is 13.7. The van der Waals surface area contributed by atoms with Gasteiger partial charge in [0.25, 0.3) is 0 Å². The van der Waals surface area contributed by atoms with Gasteiger partial charge in [-0.1, -0.05) is 0 Å². The number of hydrogen-bond donors (Lipinski definition) is 2. The first kappa shape index (κ1) is 15.9. The van der Waals surface area contributed by atoms with Gasteiger partial charge in [-0.2, -0.15) is 0 Å². The Morgan fingerprint density at radius 1 is 1.30 bits per heavy atom.